The first kappa shape index (κ1) is 16.5. The van der Waals surface area contributed by atoms with Gasteiger partial charge in [-0.15, -0.1) is 0 Å². The van der Waals surface area contributed by atoms with E-state index in [-0.39, 0.29) is 17.7 Å². The molecule has 1 rings (SSSR count). The largest absolute Gasteiger partial charge is 0.416 e. The minimum Gasteiger partial charge on any atom is -0.383 e. The maximum atomic E-state index is 12.9. The highest BCUT2D eigenvalue weighted by Gasteiger charge is 2.32. The van der Waals surface area contributed by atoms with E-state index in [1.807, 2.05) is 13.8 Å². The van der Waals surface area contributed by atoms with Crippen molar-refractivity contribution in [2.75, 3.05) is 30.6 Å². The van der Waals surface area contributed by atoms with Gasteiger partial charge in [-0.25, -0.2) is 10.8 Å². The van der Waals surface area contributed by atoms with Gasteiger partial charge in [0.2, 0.25) is 0 Å². The number of hydrogen-bond donors (Lipinski definition) is 2. The molecule has 0 spiro atoms. The van der Waals surface area contributed by atoms with E-state index in [4.69, 9.17) is 10.6 Å². The molecule has 0 fully saturated rings. The second-order valence-electron chi connectivity index (χ2n) is 4.52. The molecule has 1 aromatic heterocycles. The molecule has 0 aromatic carbocycles. The molecule has 114 valence electrons. The summed E-state index contributed by atoms with van der Waals surface area (Å²) in [5.74, 6) is 5.36. The molecular formula is C12H19F3N4O. The summed E-state index contributed by atoms with van der Waals surface area (Å²) in [4.78, 5) is 5.80. The fraction of sp³-hybridized carbons (Fsp3) is 0.583. The van der Waals surface area contributed by atoms with Gasteiger partial charge in [0, 0.05) is 19.7 Å². The normalized spacial score (nSPS) is 11.8. The summed E-state index contributed by atoms with van der Waals surface area (Å²) in [5.41, 5.74) is 1.37. The van der Waals surface area contributed by atoms with E-state index in [2.05, 4.69) is 10.4 Å². The lowest BCUT2D eigenvalue weighted by atomic mass is 10.2. The van der Waals surface area contributed by atoms with Crippen LogP contribution in [0.3, 0.4) is 0 Å². The second-order valence-corrected chi connectivity index (χ2v) is 4.52. The number of rotatable bonds is 6. The van der Waals surface area contributed by atoms with E-state index < -0.39 is 11.7 Å². The van der Waals surface area contributed by atoms with Crippen molar-refractivity contribution in [1.29, 1.82) is 0 Å². The van der Waals surface area contributed by atoms with Crippen LogP contribution in [0.5, 0.6) is 0 Å². The highest BCUT2D eigenvalue weighted by Crippen LogP contribution is 2.33. The molecule has 20 heavy (non-hydrogen) atoms. The maximum Gasteiger partial charge on any atom is 0.416 e. The molecule has 5 nitrogen and oxygen atoms in total. The zero-order chi connectivity index (χ0) is 15.3. The summed E-state index contributed by atoms with van der Waals surface area (Å²) in [6, 6.07) is 1.86. The molecule has 8 heteroatoms. The topological polar surface area (TPSA) is 63.4 Å². The van der Waals surface area contributed by atoms with Crippen LogP contribution in [0.4, 0.5) is 24.8 Å². The zero-order valence-corrected chi connectivity index (χ0v) is 11.7. The number of anilines is 2. The van der Waals surface area contributed by atoms with E-state index in [1.165, 1.54) is 7.11 Å². The van der Waals surface area contributed by atoms with Crippen LogP contribution in [0.15, 0.2) is 12.1 Å². The predicted octanol–water partition coefficient (Wildman–Crippen LogP) is 2.25. The number of hydrazine groups is 1. The van der Waals surface area contributed by atoms with E-state index in [0.717, 1.165) is 12.1 Å². The van der Waals surface area contributed by atoms with Crippen molar-refractivity contribution in [3.05, 3.63) is 17.7 Å². The average Bonchev–Trinajstić information content (AvgIpc) is 2.37. The third-order valence-corrected chi connectivity index (χ3v) is 2.74. The Balaban J connectivity index is 3.19. The van der Waals surface area contributed by atoms with Crippen molar-refractivity contribution in [3.63, 3.8) is 0 Å². The summed E-state index contributed by atoms with van der Waals surface area (Å²) in [6.07, 6.45) is -4.45. The number of nitrogens with zero attached hydrogens (tertiary/aromatic N) is 2. The van der Waals surface area contributed by atoms with Crippen molar-refractivity contribution < 1.29 is 17.9 Å². The van der Waals surface area contributed by atoms with E-state index in [9.17, 15) is 13.2 Å². The Morgan fingerprint density at radius 2 is 2.05 bits per heavy atom. The summed E-state index contributed by atoms with van der Waals surface area (Å²) in [6.45, 7) is 4.56. The molecule has 0 saturated heterocycles. The number of ether oxygens (including phenoxy) is 1. The van der Waals surface area contributed by atoms with Crippen molar-refractivity contribution in [2.24, 2.45) is 5.84 Å². The molecule has 0 aliphatic rings. The van der Waals surface area contributed by atoms with Gasteiger partial charge in [0.15, 0.2) is 0 Å². The number of pyridine rings is 1. The van der Waals surface area contributed by atoms with Crippen molar-refractivity contribution in [3.8, 4) is 0 Å². The number of alkyl halides is 3. The molecule has 1 heterocycles. The number of nitrogens with one attached hydrogen (secondary N) is 1. The minimum atomic E-state index is -4.45. The maximum absolute atomic E-state index is 12.9. The van der Waals surface area contributed by atoms with E-state index in [0.29, 0.717) is 13.2 Å². The van der Waals surface area contributed by atoms with Gasteiger partial charge in [-0.05, 0) is 26.0 Å². The SMILES string of the molecule is COCCN(c1cc(C(F)(F)F)cc(NN)n1)C(C)C. The summed E-state index contributed by atoms with van der Waals surface area (Å²) >= 11 is 0. The van der Waals surface area contributed by atoms with Crippen LogP contribution in [0.25, 0.3) is 0 Å². The molecule has 0 aliphatic heterocycles. The van der Waals surface area contributed by atoms with Crippen molar-refractivity contribution in [1.82, 2.24) is 4.98 Å². The molecule has 0 saturated carbocycles. The van der Waals surface area contributed by atoms with E-state index in [1.54, 1.807) is 4.90 Å². The Morgan fingerprint density at radius 1 is 1.40 bits per heavy atom. The highest BCUT2D eigenvalue weighted by molar-refractivity contribution is 5.51. The predicted molar refractivity (Wildman–Crippen MR) is 71.4 cm³/mol. The fourth-order valence-corrected chi connectivity index (χ4v) is 1.73. The fourth-order valence-electron chi connectivity index (χ4n) is 1.73. The summed E-state index contributed by atoms with van der Waals surface area (Å²) in [7, 11) is 1.53. The molecule has 0 bridgehead atoms. The number of hydrogen-bond acceptors (Lipinski definition) is 5. The van der Waals surface area contributed by atoms with Crippen molar-refractivity contribution >= 4 is 11.6 Å². The lowest BCUT2D eigenvalue weighted by Gasteiger charge is -2.28. The third-order valence-electron chi connectivity index (χ3n) is 2.74. The molecule has 0 amide bonds. The molecule has 0 atom stereocenters. The van der Waals surface area contributed by atoms with Crippen LogP contribution in [0, 0.1) is 0 Å². The number of aromatic nitrogens is 1. The standard InChI is InChI=1S/C12H19F3N4O/c1-8(2)19(4-5-20-3)11-7-9(12(13,14)15)6-10(17-11)18-16/h6-8H,4-5,16H2,1-3H3,(H,17,18). The lowest BCUT2D eigenvalue weighted by molar-refractivity contribution is -0.137. The average molecular weight is 292 g/mol. The summed E-state index contributed by atoms with van der Waals surface area (Å²) in [5, 5.41) is 0. The van der Waals surface area contributed by atoms with Crippen LogP contribution in [-0.2, 0) is 10.9 Å². The molecule has 3 N–H and O–H groups in total. The highest BCUT2D eigenvalue weighted by atomic mass is 19.4. The molecule has 0 unspecified atom stereocenters. The Labute approximate surface area is 115 Å². The number of methoxy groups -OCH3 is 1. The second kappa shape index (κ2) is 6.76. The van der Waals surface area contributed by atoms with Gasteiger partial charge in [0.1, 0.15) is 11.6 Å². The first-order valence-electron chi connectivity index (χ1n) is 6.11. The number of halogens is 3. The lowest BCUT2D eigenvalue weighted by Crippen LogP contribution is -2.35. The van der Waals surface area contributed by atoms with E-state index >= 15 is 0 Å². The van der Waals surface area contributed by atoms with Gasteiger partial charge in [0.05, 0.1) is 12.2 Å². The van der Waals surface area contributed by atoms with Crippen LogP contribution in [0.2, 0.25) is 0 Å². The zero-order valence-electron chi connectivity index (χ0n) is 11.7. The minimum absolute atomic E-state index is 0.0215. The molecule has 0 aliphatic carbocycles. The smallest absolute Gasteiger partial charge is 0.383 e. The quantitative estimate of drug-likeness (QED) is 0.622. The van der Waals surface area contributed by atoms with Crippen LogP contribution >= 0.6 is 0 Å². The van der Waals surface area contributed by atoms with Gasteiger partial charge < -0.3 is 15.1 Å². The van der Waals surface area contributed by atoms with Gasteiger partial charge in [-0.1, -0.05) is 0 Å². The third kappa shape index (κ3) is 4.24. The van der Waals surface area contributed by atoms with Crippen molar-refractivity contribution in [2.45, 2.75) is 26.1 Å². The number of nitrogens with two attached hydrogens (primary N) is 1. The molecule has 1 aromatic rings. The van der Waals surface area contributed by atoms with Gasteiger partial charge in [-0.3, -0.25) is 0 Å². The Bertz CT molecular complexity index is 437. The molecule has 0 radical (unpaired) electrons. The Hall–Kier alpha value is -1.54. The van der Waals surface area contributed by atoms with Crippen LogP contribution in [0.1, 0.15) is 19.4 Å². The van der Waals surface area contributed by atoms with Crippen LogP contribution in [-0.4, -0.2) is 31.3 Å². The number of nitrogen functional groups attached to an aromatic ring is 1. The van der Waals surface area contributed by atoms with Crippen LogP contribution < -0.4 is 16.2 Å². The van der Waals surface area contributed by atoms with Gasteiger partial charge in [-0.2, -0.15) is 13.2 Å². The summed E-state index contributed by atoms with van der Waals surface area (Å²) < 4.78 is 43.5. The molecular weight excluding hydrogens is 273 g/mol. The Kier molecular flexibility index (Phi) is 5.58. The Morgan fingerprint density at radius 3 is 2.50 bits per heavy atom. The first-order chi connectivity index (χ1) is 9.29. The van der Waals surface area contributed by atoms with Gasteiger partial charge in [0.25, 0.3) is 0 Å². The van der Waals surface area contributed by atoms with Gasteiger partial charge >= 0.3 is 6.18 Å². The monoisotopic (exact) mass is 292 g/mol. The first-order valence-corrected chi connectivity index (χ1v) is 6.11.